The summed E-state index contributed by atoms with van der Waals surface area (Å²) in [6, 6.07) is 20.1. The first-order valence-corrected chi connectivity index (χ1v) is 10.2. The van der Waals surface area contributed by atoms with Crippen LogP contribution in [0.4, 0.5) is 5.82 Å². The summed E-state index contributed by atoms with van der Waals surface area (Å²) in [5, 5.41) is 29.3. The third-order valence-corrected chi connectivity index (χ3v) is 4.89. The van der Waals surface area contributed by atoms with Gasteiger partial charge in [-0.25, -0.2) is 4.98 Å². The molecule has 3 aromatic rings. The molecule has 3 N–H and O–H groups in total. The van der Waals surface area contributed by atoms with Crippen molar-refractivity contribution in [3.8, 4) is 29.0 Å². The SMILES string of the molecule is CCSc1nc(N)c(C#N)c(-c2ccccc2O)c1C#N.O=COCc1ccccc1. The van der Waals surface area contributed by atoms with Crippen molar-refractivity contribution in [2.75, 3.05) is 11.5 Å². The highest BCUT2D eigenvalue weighted by Crippen LogP contribution is 2.39. The van der Waals surface area contributed by atoms with E-state index in [-0.39, 0.29) is 22.7 Å². The second-order valence-electron chi connectivity index (χ2n) is 5.99. The minimum atomic E-state index is -0.0106. The van der Waals surface area contributed by atoms with E-state index in [2.05, 4.69) is 15.8 Å². The van der Waals surface area contributed by atoms with Crippen LogP contribution in [0.25, 0.3) is 11.1 Å². The van der Waals surface area contributed by atoms with Gasteiger partial charge in [-0.15, -0.1) is 11.8 Å². The summed E-state index contributed by atoms with van der Waals surface area (Å²) in [4.78, 5) is 13.9. The molecule has 0 saturated carbocycles. The van der Waals surface area contributed by atoms with Gasteiger partial charge in [-0.05, 0) is 17.4 Å². The second-order valence-corrected chi connectivity index (χ2v) is 7.25. The van der Waals surface area contributed by atoms with Crippen molar-refractivity contribution in [3.05, 3.63) is 71.3 Å². The Labute approximate surface area is 184 Å². The van der Waals surface area contributed by atoms with Crippen LogP contribution >= 0.6 is 11.8 Å². The lowest BCUT2D eigenvalue weighted by atomic mass is 9.96. The smallest absolute Gasteiger partial charge is 0.293 e. The van der Waals surface area contributed by atoms with Crippen LogP contribution < -0.4 is 5.73 Å². The number of thioether (sulfide) groups is 1. The fourth-order valence-electron chi connectivity index (χ4n) is 2.70. The summed E-state index contributed by atoms with van der Waals surface area (Å²) in [7, 11) is 0. The molecule has 0 unspecified atom stereocenters. The standard InChI is InChI=1S/C15H12N4OS.C8H8O2/c1-2-21-15-11(8-17)13(10(7-16)14(18)19-15)9-5-3-4-6-12(9)20;9-7-10-6-8-4-2-1-3-5-8/h3-6,20H,2H2,1H3,(H2,18,19);1-5,7H,6H2. The predicted molar refractivity (Wildman–Crippen MR) is 119 cm³/mol. The van der Waals surface area contributed by atoms with Crippen molar-refractivity contribution in [2.45, 2.75) is 18.6 Å². The highest BCUT2D eigenvalue weighted by molar-refractivity contribution is 7.99. The number of pyridine rings is 1. The molecule has 31 heavy (non-hydrogen) atoms. The maximum Gasteiger partial charge on any atom is 0.293 e. The molecule has 3 rings (SSSR count). The van der Waals surface area contributed by atoms with Crippen molar-refractivity contribution in [2.24, 2.45) is 0 Å². The van der Waals surface area contributed by atoms with Gasteiger partial charge in [0.2, 0.25) is 0 Å². The molecule has 0 atom stereocenters. The van der Waals surface area contributed by atoms with E-state index < -0.39 is 0 Å². The zero-order valence-electron chi connectivity index (χ0n) is 16.8. The number of hydrogen-bond acceptors (Lipinski definition) is 8. The maximum absolute atomic E-state index is 10.0. The Morgan fingerprint density at radius 1 is 1.10 bits per heavy atom. The highest BCUT2D eigenvalue weighted by Gasteiger charge is 2.21. The van der Waals surface area contributed by atoms with Crippen LogP contribution in [0.15, 0.2) is 59.6 Å². The number of carbonyl (C=O) groups is 1. The Morgan fingerprint density at radius 2 is 1.74 bits per heavy atom. The van der Waals surface area contributed by atoms with Gasteiger partial charge >= 0.3 is 0 Å². The van der Waals surface area contributed by atoms with E-state index in [1.54, 1.807) is 18.2 Å². The van der Waals surface area contributed by atoms with Crippen molar-refractivity contribution in [1.29, 1.82) is 10.5 Å². The maximum atomic E-state index is 10.0. The molecule has 0 amide bonds. The van der Waals surface area contributed by atoms with E-state index in [9.17, 15) is 20.4 Å². The van der Waals surface area contributed by atoms with Gasteiger partial charge < -0.3 is 15.6 Å². The van der Waals surface area contributed by atoms with Crippen LogP contribution in [0.1, 0.15) is 23.6 Å². The van der Waals surface area contributed by atoms with E-state index in [1.165, 1.54) is 17.8 Å². The van der Waals surface area contributed by atoms with Crippen LogP contribution in [0, 0.1) is 22.7 Å². The first kappa shape index (κ1) is 23.3. The minimum Gasteiger partial charge on any atom is -0.507 e. The molecule has 0 saturated heterocycles. The molecular weight excluding hydrogens is 412 g/mol. The molecule has 156 valence electrons. The number of para-hydroxylation sites is 1. The van der Waals surface area contributed by atoms with Gasteiger partial charge in [-0.1, -0.05) is 55.5 Å². The van der Waals surface area contributed by atoms with E-state index >= 15 is 0 Å². The summed E-state index contributed by atoms with van der Waals surface area (Å²) in [6.45, 7) is 2.75. The molecule has 0 bridgehead atoms. The van der Waals surface area contributed by atoms with Crippen LogP contribution in [0.5, 0.6) is 5.75 Å². The summed E-state index contributed by atoms with van der Waals surface area (Å²) in [5.41, 5.74) is 7.94. The first-order valence-electron chi connectivity index (χ1n) is 9.21. The van der Waals surface area contributed by atoms with Gasteiger partial charge in [-0.2, -0.15) is 10.5 Å². The number of phenols is 1. The van der Waals surface area contributed by atoms with E-state index in [0.717, 1.165) is 5.56 Å². The number of aromatic hydroxyl groups is 1. The lowest BCUT2D eigenvalue weighted by Crippen LogP contribution is -2.03. The number of nitriles is 2. The van der Waals surface area contributed by atoms with Gasteiger partial charge in [-0.3, -0.25) is 4.79 Å². The number of carbonyl (C=O) groups excluding carboxylic acids is 1. The molecule has 2 aromatic carbocycles. The Hall–Kier alpha value is -4.01. The van der Waals surface area contributed by atoms with Crippen LogP contribution in [-0.2, 0) is 16.1 Å². The third kappa shape index (κ3) is 5.99. The molecule has 8 heteroatoms. The minimum absolute atomic E-state index is 0.0106. The first-order chi connectivity index (χ1) is 15.1. The topological polar surface area (TPSA) is 133 Å². The fraction of sp³-hybridized carbons (Fsp3) is 0.130. The Balaban J connectivity index is 0.000000285. The number of nitrogens with zero attached hydrogens (tertiary/aromatic N) is 3. The lowest BCUT2D eigenvalue weighted by molar-refractivity contribution is -0.129. The number of nitrogen functional groups attached to an aromatic ring is 1. The molecule has 1 aromatic heterocycles. The van der Waals surface area contributed by atoms with Crippen molar-refractivity contribution in [3.63, 3.8) is 0 Å². The predicted octanol–water partition coefficient (Wildman–Crippen LogP) is 4.25. The monoisotopic (exact) mass is 432 g/mol. The number of hydrogen-bond donors (Lipinski definition) is 2. The number of phenolic OH excluding ortho intramolecular Hbond substituents is 1. The van der Waals surface area contributed by atoms with Crippen LogP contribution in [0.2, 0.25) is 0 Å². The van der Waals surface area contributed by atoms with Crippen molar-refractivity contribution < 1.29 is 14.6 Å². The van der Waals surface area contributed by atoms with Gasteiger partial charge in [0.1, 0.15) is 40.9 Å². The van der Waals surface area contributed by atoms with E-state index in [1.807, 2.05) is 43.3 Å². The van der Waals surface area contributed by atoms with Crippen LogP contribution in [-0.4, -0.2) is 22.3 Å². The van der Waals surface area contributed by atoms with Gasteiger partial charge in [0.25, 0.3) is 6.47 Å². The number of benzene rings is 2. The molecule has 1 heterocycles. The second kappa shape index (κ2) is 11.9. The molecule has 0 aliphatic carbocycles. The number of ether oxygens (including phenoxy) is 1. The summed E-state index contributed by atoms with van der Waals surface area (Å²) in [5.74, 6) is 0.766. The molecule has 0 spiro atoms. The van der Waals surface area contributed by atoms with E-state index in [4.69, 9.17) is 5.73 Å². The zero-order chi connectivity index (χ0) is 22.6. The van der Waals surface area contributed by atoms with Gasteiger partial charge in [0, 0.05) is 11.1 Å². The molecule has 0 aliphatic heterocycles. The van der Waals surface area contributed by atoms with Crippen LogP contribution in [0.3, 0.4) is 0 Å². The van der Waals surface area contributed by atoms with Gasteiger partial charge in [0.15, 0.2) is 0 Å². The fourth-order valence-corrected chi connectivity index (χ4v) is 3.43. The molecule has 0 radical (unpaired) electrons. The quantitative estimate of drug-likeness (QED) is 0.436. The Morgan fingerprint density at radius 3 is 2.32 bits per heavy atom. The summed E-state index contributed by atoms with van der Waals surface area (Å²) < 4.78 is 4.54. The third-order valence-electron chi connectivity index (χ3n) is 4.03. The molecular formula is C23H20N4O3S. The highest BCUT2D eigenvalue weighted by atomic mass is 32.2. The Bertz CT molecular complexity index is 1120. The average molecular weight is 433 g/mol. The van der Waals surface area contributed by atoms with Crippen molar-refractivity contribution in [1.82, 2.24) is 4.98 Å². The normalized spacial score (nSPS) is 9.52. The summed E-state index contributed by atoms with van der Waals surface area (Å²) in [6.07, 6.45) is 0. The molecule has 7 nitrogen and oxygen atoms in total. The summed E-state index contributed by atoms with van der Waals surface area (Å²) >= 11 is 1.37. The van der Waals surface area contributed by atoms with Crippen molar-refractivity contribution >= 4 is 24.1 Å². The molecule has 0 aliphatic rings. The zero-order valence-corrected chi connectivity index (χ0v) is 17.6. The number of aromatic nitrogens is 1. The Kier molecular flexibility index (Phi) is 8.90. The lowest BCUT2D eigenvalue weighted by Gasteiger charge is -2.13. The largest absolute Gasteiger partial charge is 0.507 e. The number of nitrogens with two attached hydrogens (primary N) is 1. The van der Waals surface area contributed by atoms with Gasteiger partial charge in [0.05, 0.1) is 5.56 Å². The average Bonchev–Trinajstić information content (AvgIpc) is 2.79. The number of anilines is 1. The van der Waals surface area contributed by atoms with E-state index in [0.29, 0.717) is 35.0 Å². The molecule has 0 fully saturated rings. The number of rotatable bonds is 6.